The number of aryl methyl sites for hydroxylation is 1. The number of halogens is 3. The molecule has 0 heterocycles. The minimum absolute atomic E-state index is 0.0352. The van der Waals surface area contributed by atoms with Crippen molar-refractivity contribution in [2.75, 3.05) is 0 Å². The van der Waals surface area contributed by atoms with Gasteiger partial charge in [0.25, 0.3) is 0 Å². The summed E-state index contributed by atoms with van der Waals surface area (Å²) in [5.74, 6) is 2.81. The SMILES string of the molecule is Cc1ccc(F)c(C(NN)c2cccc(F)c2F)c1. The van der Waals surface area contributed by atoms with Gasteiger partial charge in [-0.1, -0.05) is 29.8 Å². The highest BCUT2D eigenvalue weighted by atomic mass is 19.2. The zero-order chi connectivity index (χ0) is 14.0. The van der Waals surface area contributed by atoms with E-state index in [1.807, 2.05) is 0 Å². The Morgan fingerprint density at radius 2 is 1.74 bits per heavy atom. The highest BCUT2D eigenvalue weighted by Crippen LogP contribution is 2.27. The molecule has 2 nitrogen and oxygen atoms in total. The minimum Gasteiger partial charge on any atom is -0.271 e. The summed E-state index contributed by atoms with van der Waals surface area (Å²) >= 11 is 0. The molecule has 0 aliphatic rings. The first kappa shape index (κ1) is 13.6. The maximum atomic E-state index is 13.8. The molecule has 2 aromatic carbocycles. The average molecular weight is 266 g/mol. The Bertz CT molecular complexity index is 597. The van der Waals surface area contributed by atoms with Gasteiger partial charge in [-0.25, -0.2) is 18.6 Å². The van der Waals surface area contributed by atoms with Gasteiger partial charge in [0, 0.05) is 11.1 Å². The Hall–Kier alpha value is -1.85. The molecule has 3 N–H and O–H groups in total. The molecule has 1 atom stereocenters. The molecular formula is C14H13F3N2. The van der Waals surface area contributed by atoms with Crippen LogP contribution in [0.15, 0.2) is 36.4 Å². The average Bonchev–Trinajstić information content (AvgIpc) is 2.39. The van der Waals surface area contributed by atoms with Crippen LogP contribution in [-0.2, 0) is 0 Å². The first-order chi connectivity index (χ1) is 9.04. The van der Waals surface area contributed by atoms with Gasteiger partial charge in [0.05, 0.1) is 6.04 Å². The Balaban J connectivity index is 2.56. The number of benzene rings is 2. The van der Waals surface area contributed by atoms with E-state index in [1.165, 1.54) is 18.2 Å². The van der Waals surface area contributed by atoms with Crippen LogP contribution >= 0.6 is 0 Å². The molecule has 0 saturated carbocycles. The zero-order valence-electron chi connectivity index (χ0n) is 10.3. The lowest BCUT2D eigenvalue weighted by Gasteiger charge is -2.19. The lowest BCUT2D eigenvalue weighted by molar-refractivity contribution is 0.477. The molecule has 0 spiro atoms. The normalized spacial score (nSPS) is 12.5. The molecule has 0 aliphatic heterocycles. The van der Waals surface area contributed by atoms with Crippen molar-refractivity contribution in [3.63, 3.8) is 0 Å². The maximum absolute atomic E-state index is 13.8. The van der Waals surface area contributed by atoms with Gasteiger partial charge < -0.3 is 0 Å². The predicted octanol–water partition coefficient (Wildman–Crippen LogP) is 2.97. The second-order valence-electron chi connectivity index (χ2n) is 4.27. The van der Waals surface area contributed by atoms with Crippen molar-refractivity contribution < 1.29 is 13.2 Å². The van der Waals surface area contributed by atoms with Gasteiger partial charge in [-0.15, -0.1) is 0 Å². The highest BCUT2D eigenvalue weighted by Gasteiger charge is 2.21. The number of nitrogens with one attached hydrogen (secondary N) is 1. The molecule has 5 heteroatoms. The van der Waals surface area contributed by atoms with E-state index in [4.69, 9.17) is 5.84 Å². The van der Waals surface area contributed by atoms with Crippen LogP contribution in [0.4, 0.5) is 13.2 Å². The summed E-state index contributed by atoms with van der Waals surface area (Å²) in [4.78, 5) is 0. The highest BCUT2D eigenvalue weighted by molar-refractivity contribution is 5.35. The third-order valence-electron chi connectivity index (χ3n) is 2.92. The first-order valence-electron chi connectivity index (χ1n) is 5.70. The van der Waals surface area contributed by atoms with Crippen LogP contribution in [0.25, 0.3) is 0 Å². The third-order valence-corrected chi connectivity index (χ3v) is 2.92. The van der Waals surface area contributed by atoms with Gasteiger partial charge in [-0.3, -0.25) is 5.84 Å². The van der Waals surface area contributed by atoms with Gasteiger partial charge in [0.2, 0.25) is 0 Å². The van der Waals surface area contributed by atoms with Crippen molar-refractivity contribution >= 4 is 0 Å². The van der Waals surface area contributed by atoms with E-state index in [-0.39, 0.29) is 11.1 Å². The van der Waals surface area contributed by atoms with Crippen LogP contribution < -0.4 is 11.3 Å². The Morgan fingerprint density at radius 3 is 2.42 bits per heavy atom. The molecule has 0 aromatic heterocycles. The number of hydrazine groups is 1. The Kier molecular flexibility index (Phi) is 3.87. The summed E-state index contributed by atoms with van der Waals surface area (Å²) in [7, 11) is 0. The fraction of sp³-hybridized carbons (Fsp3) is 0.143. The molecule has 0 amide bonds. The molecule has 0 saturated heterocycles. The van der Waals surface area contributed by atoms with E-state index in [9.17, 15) is 13.2 Å². The summed E-state index contributed by atoms with van der Waals surface area (Å²) in [5, 5.41) is 0. The predicted molar refractivity (Wildman–Crippen MR) is 66.7 cm³/mol. The molecular weight excluding hydrogens is 253 g/mol. The van der Waals surface area contributed by atoms with Crippen LogP contribution in [0.5, 0.6) is 0 Å². The summed E-state index contributed by atoms with van der Waals surface area (Å²) < 4.78 is 40.8. The molecule has 0 fully saturated rings. The van der Waals surface area contributed by atoms with Crippen LogP contribution in [0.1, 0.15) is 22.7 Å². The van der Waals surface area contributed by atoms with Crippen molar-refractivity contribution in [2.45, 2.75) is 13.0 Å². The van der Waals surface area contributed by atoms with Gasteiger partial charge in [0.15, 0.2) is 11.6 Å². The lowest BCUT2D eigenvalue weighted by atomic mass is 9.97. The largest absolute Gasteiger partial charge is 0.271 e. The molecule has 19 heavy (non-hydrogen) atoms. The first-order valence-corrected chi connectivity index (χ1v) is 5.70. The molecule has 0 radical (unpaired) electrons. The van der Waals surface area contributed by atoms with Crippen molar-refractivity contribution in [2.24, 2.45) is 5.84 Å². The van der Waals surface area contributed by atoms with Gasteiger partial charge >= 0.3 is 0 Å². The standard InChI is InChI=1S/C14H13F3N2/c1-8-5-6-11(15)10(7-8)14(19-18)9-3-2-4-12(16)13(9)17/h2-7,14,19H,18H2,1H3. The van der Waals surface area contributed by atoms with E-state index in [1.54, 1.807) is 19.1 Å². The van der Waals surface area contributed by atoms with Crippen molar-refractivity contribution in [1.82, 2.24) is 5.43 Å². The quantitative estimate of drug-likeness (QED) is 0.662. The molecule has 2 aromatic rings. The molecule has 0 aliphatic carbocycles. The van der Waals surface area contributed by atoms with E-state index in [2.05, 4.69) is 5.43 Å². The van der Waals surface area contributed by atoms with Gasteiger partial charge in [0.1, 0.15) is 5.82 Å². The number of nitrogens with two attached hydrogens (primary N) is 1. The Morgan fingerprint density at radius 1 is 1.00 bits per heavy atom. The van der Waals surface area contributed by atoms with Crippen molar-refractivity contribution in [3.8, 4) is 0 Å². The van der Waals surface area contributed by atoms with Gasteiger partial charge in [-0.2, -0.15) is 0 Å². The fourth-order valence-electron chi connectivity index (χ4n) is 1.97. The molecule has 0 bridgehead atoms. The minimum atomic E-state index is -1.04. The third kappa shape index (κ3) is 2.62. The fourth-order valence-corrected chi connectivity index (χ4v) is 1.97. The van der Waals surface area contributed by atoms with E-state index < -0.39 is 23.5 Å². The second-order valence-corrected chi connectivity index (χ2v) is 4.27. The summed E-state index contributed by atoms with van der Waals surface area (Å²) in [6.07, 6.45) is 0. The summed E-state index contributed by atoms with van der Waals surface area (Å²) in [6, 6.07) is 7.18. The van der Waals surface area contributed by atoms with Crippen LogP contribution in [-0.4, -0.2) is 0 Å². The van der Waals surface area contributed by atoms with Crippen molar-refractivity contribution in [1.29, 1.82) is 0 Å². The van der Waals surface area contributed by atoms with Gasteiger partial charge in [-0.05, 0) is 19.1 Å². The zero-order valence-corrected chi connectivity index (χ0v) is 10.3. The van der Waals surface area contributed by atoms with E-state index in [0.29, 0.717) is 0 Å². The number of rotatable bonds is 3. The summed E-state index contributed by atoms with van der Waals surface area (Å²) in [5.41, 5.74) is 3.26. The number of hydrogen-bond donors (Lipinski definition) is 2. The smallest absolute Gasteiger partial charge is 0.163 e. The number of hydrogen-bond acceptors (Lipinski definition) is 2. The van der Waals surface area contributed by atoms with E-state index >= 15 is 0 Å². The Labute approximate surface area is 109 Å². The molecule has 1 unspecified atom stereocenters. The van der Waals surface area contributed by atoms with Crippen LogP contribution in [0, 0.1) is 24.4 Å². The maximum Gasteiger partial charge on any atom is 0.163 e. The molecule has 100 valence electrons. The van der Waals surface area contributed by atoms with Crippen LogP contribution in [0.3, 0.4) is 0 Å². The van der Waals surface area contributed by atoms with Crippen molar-refractivity contribution in [3.05, 3.63) is 70.5 Å². The topological polar surface area (TPSA) is 38.0 Å². The molecule has 2 rings (SSSR count). The lowest BCUT2D eigenvalue weighted by Crippen LogP contribution is -2.30. The van der Waals surface area contributed by atoms with E-state index in [0.717, 1.165) is 11.6 Å². The van der Waals surface area contributed by atoms with Crippen LogP contribution in [0.2, 0.25) is 0 Å². The monoisotopic (exact) mass is 266 g/mol. The second kappa shape index (κ2) is 5.42. The summed E-state index contributed by atoms with van der Waals surface area (Å²) in [6.45, 7) is 1.78.